The molecule has 0 spiro atoms. The monoisotopic (exact) mass is 546 g/mol. The minimum absolute atomic E-state index is 0.0641. The van der Waals surface area contributed by atoms with Crippen molar-refractivity contribution >= 4 is 14.1 Å². The third kappa shape index (κ3) is 3.85. The fourth-order valence-electron chi connectivity index (χ4n) is 5.70. The molecule has 9 nitrogen and oxygen atoms in total. The molecule has 2 aromatic carbocycles. The van der Waals surface area contributed by atoms with E-state index in [1.165, 1.54) is 31.2 Å². The number of rotatable bonds is 10. The molecule has 0 amide bonds. The van der Waals surface area contributed by atoms with E-state index in [2.05, 4.69) is 0 Å². The maximum absolute atomic E-state index is 13.7. The maximum atomic E-state index is 13.7. The number of hydrogen-bond acceptors (Lipinski definition) is 9. The van der Waals surface area contributed by atoms with Crippen molar-refractivity contribution in [3.05, 3.63) is 60.7 Å². The zero-order chi connectivity index (χ0) is 28.0. The molecule has 2 aliphatic rings. The Hall–Kier alpha value is -2.31. The summed E-state index contributed by atoms with van der Waals surface area (Å²) >= 11 is 0. The molecule has 0 aromatic heterocycles. The number of fused-ring (bicyclic) bond motifs is 1. The summed E-state index contributed by atoms with van der Waals surface area (Å²) in [6.07, 6.45) is -2.83. The van der Waals surface area contributed by atoms with Crippen LogP contribution in [-0.4, -0.2) is 69.7 Å². The summed E-state index contributed by atoms with van der Waals surface area (Å²) in [6, 6.07) is 17.8. The molecule has 10 heteroatoms. The third-order valence-electron chi connectivity index (χ3n) is 8.47. The first-order chi connectivity index (χ1) is 17.9. The minimum atomic E-state index is -3.12. The summed E-state index contributed by atoms with van der Waals surface area (Å²) in [7, 11) is -2.81. The van der Waals surface area contributed by atoms with Gasteiger partial charge >= 0.3 is 11.6 Å². The fourth-order valence-corrected chi connectivity index (χ4v) is 8.57. The van der Waals surface area contributed by atoms with Crippen LogP contribution in [0.4, 0.5) is 0 Å². The smallest absolute Gasteiger partial charge is 0.340 e. The van der Waals surface area contributed by atoms with Gasteiger partial charge in [0, 0.05) is 12.8 Å². The number of para-hydroxylation sites is 2. The van der Waals surface area contributed by atoms with Crippen LogP contribution in [0.5, 0.6) is 11.5 Å². The first kappa shape index (κ1) is 28.7. The van der Waals surface area contributed by atoms with Crippen molar-refractivity contribution in [3.8, 4) is 11.5 Å². The third-order valence-corrected chi connectivity index (χ3v) is 13.1. The molecule has 1 aliphatic heterocycles. The summed E-state index contributed by atoms with van der Waals surface area (Å²) in [5.41, 5.74) is -2.40. The van der Waals surface area contributed by atoms with E-state index >= 15 is 0 Å². The van der Waals surface area contributed by atoms with Gasteiger partial charge in [0.25, 0.3) is 5.79 Å². The van der Waals surface area contributed by atoms with Crippen LogP contribution >= 0.6 is 0 Å². The Morgan fingerprint density at radius 2 is 1.32 bits per heavy atom. The second kappa shape index (κ2) is 10.0. The molecule has 1 saturated heterocycles. The standard InChI is InChI=1S/C28H38O9Si/c1-6-38(7-2,8-3)37-26(20(5)29)28(33,35-22-17-13-10-14-18-22)27(32,34-21-15-11-9-12-16-21)25(31)19(4)23(30)24(25)36-26/h9-19,23-24,30-33H,6-8H2,1-5H3/t19?,23?,24-,25-,26+,27-,28-/m1/s1. The van der Waals surface area contributed by atoms with Crippen molar-refractivity contribution < 1.29 is 43.9 Å². The number of aliphatic hydroxyl groups is 4. The molecule has 1 heterocycles. The summed E-state index contributed by atoms with van der Waals surface area (Å²) in [6.45, 7) is 8.42. The van der Waals surface area contributed by atoms with Gasteiger partial charge in [-0.05, 0) is 42.4 Å². The highest BCUT2D eigenvalue weighted by Gasteiger charge is 2.90. The Morgan fingerprint density at radius 3 is 1.74 bits per heavy atom. The van der Waals surface area contributed by atoms with E-state index in [9.17, 15) is 25.2 Å². The molecule has 0 radical (unpaired) electrons. The summed E-state index contributed by atoms with van der Waals surface area (Å²) in [4.78, 5) is 13.7. The fraction of sp³-hybridized carbons (Fsp3) is 0.536. The highest BCUT2D eigenvalue weighted by molar-refractivity contribution is 6.73. The second-order valence-electron chi connectivity index (χ2n) is 10.3. The van der Waals surface area contributed by atoms with Crippen molar-refractivity contribution in [1.29, 1.82) is 0 Å². The van der Waals surface area contributed by atoms with Crippen LogP contribution in [0, 0.1) is 5.92 Å². The van der Waals surface area contributed by atoms with Gasteiger partial charge in [-0.15, -0.1) is 0 Å². The van der Waals surface area contributed by atoms with Crippen LogP contribution in [0.1, 0.15) is 34.6 Å². The van der Waals surface area contributed by atoms with Gasteiger partial charge in [0.2, 0.25) is 0 Å². The van der Waals surface area contributed by atoms with Crippen LogP contribution in [-0.2, 0) is 14.0 Å². The Kier molecular flexibility index (Phi) is 7.56. The van der Waals surface area contributed by atoms with E-state index in [0.29, 0.717) is 18.1 Å². The number of ether oxygens (including phenoxy) is 3. The lowest BCUT2D eigenvalue weighted by atomic mass is 9.56. The number of carbonyl (C=O) groups excluding carboxylic acids is 1. The van der Waals surface area contributed by atoms with Crippen LogP contribution < -0.4 is 9.47 Å². The lowest BCUT2D eigenvalue weighted by Crippen LogP contribution is -2.96. The molecule has 7 atom stereocenters. The second-order valence-corrected chi connectivity index (χ2v) is 15.0. The van der Waals surface area contributed by atoms with Crippen molar-refractivity contribution in [2.45, 2.75) is 87.9 Å². The van der Waals surface area contributed by atoms with E-state index < -0.39 is 55.2 Å². The predicted molar refractivity (Wildman–Crippen MR) is 141 cm³/mol. The first-order valence-corrected chi connectivity index (χ1v) is 15.7. The average Bonchev–Trinajstić information content (AvgIpc) is 2.93. The van der Waals surface area contributed by atoms with Gasteiger partial charge in [-0.2, -0.15) is 0 Å². The topological polar surface area (TPSA) is 135 Å². The molecular weight excluding hydrogens is 508 g/mol. The van der Waals surface area contributed by atoms with Gasteiger partial charge < -0.3 is 39.1 Å². The first-order valence-electron chi connectivity index (χ1n) is 13.1. The van der Waals surface area contributed by atoms with Gasteiger partial charge in [0.1, 0.15) is 17.6 Å². The number of aliphatic hydroxyl groups excluding tert-OH is 1. The van der Waals surface area contributed by atoms with E-state index in [1.54, 1.807) is 36.4 Å². The summed E-state index contributed by atoms with van der Waals surface area (Å²) < 4.78 is 24.9. The van der Waals surface area contributed by atoms with Crippen molar-refractivity contribution in [3.63, 3.8) is 0 Å². The molecule has 2 aromatic rings. The maximum Gasteiger partial charge on any atom is 0.340 e. The Labute approximate surface area is 224 Å². The molecule has 4 rings (SSSR count). The minimum Gasteiger partial charge on any atom is -0.453 e. The zero-order valence-electron chi connectivity index (χ0n) is 22.5. The van der Waals surface area contributed by atoms with Crippen molar-refractivity contribution in [1.82, 2.24) is 0 Å². The molecule has 38 heavy (non-hydrogen) atoms. The van der Waals surface area contributed by atoms with Gasteiger partial charge in [-0.1, -0.05) is 64.1 Å². The van der Waals surface area contributed by atoms with E-state index in [1.807, 2.05) is 20.8 Å². The predicted octanol–water partition coefficient (Wildman–Crippen LogP) is 2.97. The van der Waals surface area contributed by atoms with Gasteiger partial charge in [0.15, 0.2) is 19.7 Å². The van der Waals surface area contributed by atoms with Gasteiger partial charge in [-0.3, -0.25) is 4.79 Å². The summed E-state index contributed by atoms with van der Waals surface area (Å²) in [5, 5.41) is 48.0. The van der Waals surface area contributed by atoms with Crippen molar-refractivity contribution in [2.75, 3.05) is 0 Å². The number of ketones is 1. The van der Waals surface area contributed by atoms with E-state index in [-0.39, 0.29) is 11.5 Å². The normalized spacial score (nSPS) is 36.6. The Balaban J connectivity index is 2.03. The highest BCUT2D eigenvalue weighted by atomic mass is 28.4. The summed E-state index contributed by atoms with van der Waals surface area (Å²) in [5.74, 6) is -10.5. The van der Waals surface area contributed by atoms with Gasteiger partial charge in [-0.25, -0.2) is 0 Å². The lowest BCUT2D eigenvalue weighted by molar-refractivity contribution is -0.536. The Morgan fingerprint density at radius 1 is 0.868 bits per heavy atom. The molecule has 1 saturated carbocycles. The number of carbonyl (C=O) groups is 1. The molecule has 2 unspecified atom stereocenters. The van der Waals surface area contributed by atoms with Crippen molar-refractivity contribution in [2.24, 2.45) is 5.92 Å². The molecule has 1 aliphatic carbocycles. The molecule has 0 bridgehead atoms. The zero-order valence-corrected chi connectivity index (χ0v) is 23.5. The molecule has 4 N–H and O–H groups in total. The molecular formula is C28H38O9Si. The number of hydrogen-bond donors (Lipinski definition) is 4. The quantitative estimate of drug-likeness (QED) is 0.262. The van der Waals surface area contributed by atoms with E-state index in [4.69, 9.17) is 18.6 Å². The number of benzene rings is 2. The molecule has 2 fully saturated rings. The lowest BCUT2D eigenvalue weighted by Gasteiger charge is -2.69. The largest absolute Gasteiger partial charge is 0.453 e. The van der Waals surface area contributed by atoms with Crippen LogP contribution in [0.15, 0.2) is 60.7 Å². The number of Topliss-reactive ketones (excluding diaryl/α,β-unsaturated/α-hetero) is 1. The highest BCUT2D eigenvalue weighted by Crippen LogP contribution is 2.61. The molecule has 208 valence electrons. The van der Waals surface area contributed by atoms with Crippen LogP contribution in [0.25, 0.3) is 0 Å². The van der Waals surface area contributed by atoms with Crippen LogP contribution in [0.2, 0.25) is 18.1 Å². The Bertz CT molecular complexity index is 1120. The average molecular weight is 547 g/mol. The van der Waals surface area contributed by atoms with E-state index in [0.717, 1.165) is 6.92 Å². The van der Waals surface area contributed by atoms with Crippen LogP contribution in [0.3, 0.4) is 0 Å². The van der Waals surface area contributed by atoms with Gasteiger partial charge in [0.05, 0.1) is 6.10 Å². The SMILES string of the molecule is CC[Si](CC)(CC)O[C@]1(C(C)=O)O[C@@H]2C(O)C(C)[C@]2(O)[C@@](O)(Oc2ccccc2)[C@]1(O)Oc1ccccc1.